The number of thiophene rings is 1. The summed E-state index contributed by atoms with van der Waals surface area (Å²) < 4.78 is 22.8. The van der Waals surface area contributed by atoms with Gasteiger partial charge in [0, 0.05) is 6.04 Å². The van der Waals surface area contributed by atoms with Crippen molar-refractivity contribution in [2.75, 3.05) is 36.5 Å². The lowest BCUT2D eigenvalue weighted by atomic mass is 10.2. The molecular weight excluding hydrogens is 364 g/mol. The minimum Gasteiger partial charge on any atom is -0.351 e. The standard InChI is InChI=1S/C15H20N4O4S2/c1-2-19(8-13(20)17-12-4-6-25(22,23)10-12)9-14(21)18-15-11(7-16)3-5-24-15/h3,5,12H,2,4,6,8-10H2,1H3,(H,17,20)(H,18,21)/t12-/m1/s1. The number of nitriles is 1. The summed E-state index contributed by atoms with van der Waals surface area (Å²) in [6, 6.07) is 3.27. The Balaban J connectivity index is 1.82. The van der Waals surface area contributed by atoms with Crippen molar-refractivity contribution in [3.63, 3.8) is 0 Å². The molecule has 0 aliphatic carbocycles. The fourth-order valence-electron chi connectivity index (χ4n) is 2.53. The van der Waals surface area contributed by atoms with Gasteiger partial charge in [-0.05, 0) is 24.4 Å². The second-order valence-corrected chi connectivity index (χ2v) is 8.94. The predicted molar refractivity (Wildman–Crippen MR) is 95.0 cm³/mol. The van der Waals surface area contributed by atoms with Crippen molar-refractivity contribution in [3.05, 3.63) is 17.0 Å². The van der Waals surface area contributed by atoms with Crippen molar-refractivity contribution >= 4 is 38.0 Å². The minimum atomic E-state index is -3.05. The molecule has 2 heterocycles. The van der Waals surface area contributed by atoms with Crippen LogP contribution in [0.15, 0.2) is 11.4 Å². The number of likely N-dealkylation sites (N-methyl/N-ethyl adjacent to an activating group) is 1. The summed E-state index contributed by atoms with van der Waals surface area (Å²) in [4.78, 5) is 25.8. The molecule has 8 nitrogen and oxygen atoms in total. The number of carbonyl (C=O) groups is 2. The van der Waals surface area contributed by atoms with Crippen molar-refractivity contribution in [2.45, 2.75) is 19.4 Å². The van der Waals surface area contributed by atoms with E-state index in [0.29, 0.717) is 23.5 Å². The first kappa shape index (κ1) is 19.4. The smallest absolute Gasteiger partial charge is 0.239 e. The maximum Gasteiger partial charge on any atom is 0.239 e. The summed E-state index contributed by atoms with van der Waals surface area (Å²) in [5.74, 6) is -0.539. The molecular formula is C15H20N4O4S2. The monoisotopic (exact) mass is 384 g/mol. The first-order valence-electron chi connectivity index (χ1n) is 7.82. The molecule has 136 valence electrons. The molecule has 0 spiro atoms. The van der Waals surface area contributed by atoms with Gasteiger partial charge in [-0.25, -0.2) is 8.42 Å². The Morgan fingerprint density at radius 1 is 1.40 bits per heavy atom. The van der Waals surface area contributed by atoms with Crippen LogP contribution in [0, 0.1) is 11.3 Å². The lowest BCUT2D eigenvalue weighted by Gasteiger charge is -2.20. The number of anilines is 1. The number of nitrogens with zero attached hydrogens (tertiary/aromatic N) is 2. The molecule has 1 atom stereocenters. The van der Waals surface area contributed by atoms with E-state index in [1.807, 2.05) is 13.0 Å². The van der Waals surface area contributed by atoms with E-state index in [-0.39, 0.29) is 42.5 Å². The maximum absolute atomic E-state index is 12.1. The zero-order chi connectivity index (χ0) is 18.4. The van der Waals surface area contributed by atoms with Crippen molar-refractivity contribution in [2.24, 2.45) is 0 Å². The third-order valence-corrected chi connectivity index (χ3v) is 6.42. The molecule has 0 unspecified atom stereocenters. The Morgan fingerprint density at radius 2 is 2.12 bits per heavy atom. The summed E-state index contributed by atoms with van der Waals surface area (Å²) in [5.41, 5.74) is 0.404. The van der Waals surface area contributed by atoms with Crippen LogP contribution in [0.25, 0.3) is 0 Å². The molecule has 2 N–H and O–H groups in total. The third kappa shape index (κ3) is 5.81. The lowest BCUT2D eigenvalue weighted by Crippen LogP contribution is -2.44. The molecule has 1 fully saturated rings. The van der Waals surface area contributed by atoms with Gasteiger partial charge in [0.1, 0.15) is 11.1 Å². The van der Waals surface area contributed by atoms with Gasteiger partial charge in [-0.3, -0.25) is 14.5 Å². The zero-order valence-electron chi connectivity index (χ0n) is 13.8. The van der Waals surface area contributed by atoms with Gasteiger partial charge in [0.15, 0.2) is 9.84 Å². The van der Waals surface area contributed by atoms with Crippen molar-refractivity contribution in [1.82, 2.24) is 10.2 Å². The van der Waals surface area contributed by atoms with E-state index in [1.54, 1.807) is 16.3 Å². The number of rotatable bonds is 7. The largest absolute Gasteiger partial charge is 0.351 e. The average molecular weight is 384 g/mol. The molecule has 2 amide bonds. The van der Waals surface area contributed by atoms with Crippen LogP contribution in [-0.2, 0) is 19.4 Å². The highest BCUT2D eigenvalue weighted by molar-refractivity contribution is 7.91. The quantitative estimate of drug-likeness (QED) is 0.692. The molecule has 1 aromatic heterocycles. The van der Waals surface area contributed by atoms with Gasteiger partial charge in [0.2, 0.25) is 11.8 Å². The van der Waals surface area contributed by atoms with E-state index in [4.69, 9.17) is 5.26 Å². The second-order valence-electron chi connectivity index (χ2n) is 5.79. The Bertz CT molecular complexity index is 782. The van der Waals surface area contributed by atoms with Gasteiger partial charge in [0.25, 0.3) is 0 Å². The molecule has 0 radical (unpaired) electrons. The fourth-order valence-corrected chi connectivity index (χ4v) is 4.96. The molecule has 2 rings (SSSR count). The predicted octanol–water partition coefficient (Wildman–Crippen LogP) is 0.183. The summed E-state index contributed by atoms with van der Waals surface area (Å²) in [6.45, 7) is 2.33. The van der Waals surface area contributed by atoms with Gasteiger partial charge in [-0.2, -0.15) is 5.26 Å². The summed E-state index contributed by atoms with van der Waals surface area (Å²) in [7, 11) is -3.05. The van der Waals surface area contributed by atoms with Gasteiger partial charge >= 0.3 is 0 Å². The van der Waals surface area contributed by atoms with Crippen LogP contribution in [0.3, 0.4) is 0 Å². The van der Waals surface area contributed by atoms with E-state index in [1.165, 1.54) is 11.3 Å². The molecule has 1 aliphatic rings. The first-order chi connectivity index (χ1) is 11.8. The van der Waals surface area contributed by atoms with Crippen LogP contribution < -0.4 is 10.6 Å². The van der Waals surface area contributed by atoms with Gasteiger partial charge in [-0.1, -0.05) is 6.92 Å². The highest BCUT2D eigenvalue weighted by Crippen LogP contribution is 2.21. The van der Waals surface area contributed by atoms with E-state index >= 15 is 0 Å². The Kier molecular flexibility index (Phi) is 6.52. The summed E-state index contributed by atoms with van der Waals surface area (Å²) in [6.07, 6.45) is 0.427. The SMILES string of the molecule is CCN(CC(=O)Nc1sccc1C#N)CC(=O)N[C@@H]1CCS(=O)(=O)C1. The lowest BCUT2D eigenvalue weighted by molar-refractivity contribution is -0.123. The third-order valence-electron chi connectivity index (χ3n) is 3.82. The topological polar surface area (TPSA) is 119 Å². The Labute approximate surface area is 150 Å². The molecule has 10 heteroatoms. The molecule has 1 saturated heterocycles. The number of sulfone groups is 1. The fraction of sp³-hybridized carbons (Fsp3) is 0.533. The molecule has 1 aromatic rings. The maximum atomic E-state index is 12.1. The van der Waals surface area contributed by atoms with Crippen LogP contribution in [0.4, 0.5) is 5.00 Å². The highest BCUT2D eigenvalue weighted by atomic mass is 32.2. The van der Waals surface area contributed by atoms with Gasteiger partial charge in [0.05, 0.1) is 30.2 Å². The number of carbonyl (C=O) groups excluding carboxylic acids is 2. The number of hydrogen-bond donors (Lipinski definition) is 2. The Morgan fingerprint density at radius 3 is 2.72 bits per heavy atom. The van der Waals surface area contributed by atoms with Crippen LogP contribution >= 0.6 is 11.3 Å². The summed E-state index contributed by atoms with van der Waals surface area (Å²) >= 11 is 1.26. The normalized spacial score (nSPS) is 18.7. The van der Waals surface area contributed by atoms with Crippen LogP contribution in [0.5, 0.6) is 0 Å². The average Bonchev–Trinajstić information content (AvgIpc) is 3.12. The highest BCUT2D eigenvalue weighted by Gasteiger charge is 2.29. The molecule has 1 aliphatic heterocycles. The van der Waals surface area contributed by atoms with E-state index < -0.39 is 9.84 Å². The first-order valence-corrected chi connectivity index (χ1v) is 10.5. The van der Waals surface area contributed by atoms with Gasteiger partial charge < -0.3 is 10.6 Å². The molecule has 0 bridgehead atoms. The number of hydrogen-bond acceptors (Lipinski definition) is 7. The van der Waals surface area contributed by atoms with Crippen LogP contribution in [-0.4, -0.2) is 62.3 Å². The molecule has 0 saturated carbocycles. The Hall–Kier alpha value is -1.96. The van der Waals surface area contributed by atoms with Crippen molar-refractivity contribution in [1.29, 1.82) is 5.26 Å². The number of amides is 2. The zero-order valence-corrected chi connectivity index (χ0v) is 15.5. The minimum absolute atomic E-state index is 0.00958. The van der Waals surface area contributed by atoms with Crippen LogP contribution in [0.2, 0.25) is 0 Å². The van der Waals surface area contributed by atoms with Crippen molar-refractivity contribution in [3.8, 4) is 6.07 Å². The van der Waals surface area contributed by atoms with E-state index in [0.717, 1.165) is 0 Å². The molecule has 25 heavy (non-hydrogen) atoms. The summed E-state index contributed by atoms with van der Waals surface area (Å²) in [5, 5.41) is 16.5. The van der Waals surface area contributed by atoms with Crippen LogP contribution in [0.1, 0.15) is 18.9 Å². The van der Waals surface area contributed by atoms with Gasteiger partial charge in [-0.15, -0.1) is 11.3 Å². The second kappa shape index (κ2) is 8.42. The van der Waals surface area contributed by atoms with Crippen molar-refractivity contribution < 1.29 is 18.0 Å². The number of nitrogens with one attached hydrogen (secondary N) is 2. The van der Waals surface area contributed by atoms with E-state index in [9.17, 15) is 18.0 Å². The van der Waals surface area contributed by atoms with E-state index in [2.05, 4.69) is 10.6 Å². The molecule has 0 aromatic carbocycles.